The van der Waals surface area contributed by atoms with Gasteiger partial charge < -0.3 is 10.2 Å². The van der Waals surface area contributed by atoms with Crippen LogP contribution in [0.3, 0.4) is 0 Å². The molecule has 2 rings (SSSR count). The molecule has 0 bridgehead atoms. The Hall–Kier alpha value is -1.56. The fourth-order valence-electron chi connectivity index (χ4n) is 2.36. The minimum absolute atomic E-state index is 0.248. The maximum Gasteiger partial charge on any atom is 0.198 e. The lowest BCUT2D eigenvalue weighted by atomic mass is 10.1. The summed E-state index contributed by atoms with van der Waals surface area (Å²) >= 11 is 0. The zero-order valence-electron chi connectivity index (χ0n) is 14.2. The Morgan fingerprint density at radius 2 is 1.78 bits per heavy atom. The lowest BCUT2D eigenvalue weighted by Crippen LogP contribution is -2.42. The van der Waals surface area contributed by atoms with Crippen LogP contribution in [0.2, 0.25) is 0 Å². The van der Waals surface area contributed by atoms with Gasteiger partial charge in [-0.25, -0.2) is 8.42 Å². The van der Waals surface area contributed by atoms with Crippen molar-refractivity contribution < 1.29 is 8.42 Å². The van der Waals surface area contributed by atoms with E-state index in [2.05, 4.69) is 15.2 Å². The van der Waals surface area contributed by atoms with Gasteiger partial charge in [0.1, 0.15) is 0 Å². The molecule has 0 saturated carbocycles. The maximum absolute atomic E-state index is 11.9. The van der Waals surface area contributed by atoms with E-state index in [0.717, 1.165) is 37.6 Å². The van der Waals surface area contributed by atoms with Crippen molar-refractivity contribution >= 4 is 21.5 Å². The lowest BCUT2D eigenvalue weighted by Gasteiger charge is -2.31. The standard InChI is InChI=1S/C17H27N3O2S/c1-17(2,23(3,21)22)14-18-16(20-12-8-5-9-13-20)19-15-10-6-4-7-11-15/h4,6-7,10-11H,5,8-9,12-14H2,1-3H3,(H,18,19). The second-order valence-corrected chi connectivity index (χ2v) is 9.36. The number of nitrogens with one attached hydrogen (secondary N) is 1. The Bertz CT molecular complexity index is 633. The Balaban J connectivity index is 2.20. The minimum Gasteiger partial charge on any atom is -0.343 e. The highest BCUT2D eigenvalue weighted by Gasteiger charge is 2.30. The van der Waals surface area contributed by atoms with E-state index in [-0.39, 0.29) is 6.54 Å². The van der Waals surface area contributed by atoms with Crippen LogP contribution in [0.25, 0.3) is 0 Å². The van der Waals surface area contributed by atoms with Crippen LogP contribution >= 0.6 is 0 Å². The monoisotopic (exact) mass is 337 g/mol. The van der Waals surface area contributed by atoms with Gasteiger partial charge >= 0.3 is 0 Å². The van der Waals surface area contributed by atoms with Crippen molar-refractivity contribution in [2.75, 3.05) is 31.2 Å². The predicted molar refractivity (Wildman–Crippen MR) is 96.7 cm³/mol. The molecule has 0 radical (unpaired) electrons. The Morgan fingerprint density at radius 1 is 1.17 bits per heavy atom. The minimum atomic E-state index is -3.15. The van der Waals surface area contributed by atoms with Gasteiger partial charge in [0.2, 0.25) is 0 Å². The highest BCUT2D eigenvalue weighted by atomic mass is 32.2. The molecule has 128 valence electrons. The first kappa shape index (κ1) is 17.8. The van der Waals surface area contributed by atoms with Crippen LogP contribution in [0.1, 0.15) is 33.1 Å². The molecule has 1 aliphatic rings. The number of benzene rings is 1. The topological polar surface area (TPSA) is 61.8 Å². The summed E-state index contributed by atoms with van der Waals surface area (Å²) in [6.45, 7) is 5.61. The van der Waals surface area contributed by atoms with Gasteiger partial charge in [-0.05, 0) is 45.2 Å². The van der Waals surface area contributed by atoms with Crippen molar-refractivity contribution in [3.8, 4) is 0 Å². The first-order chi connectivity index (χ1) is 10.8. The fourth-order valence-corrected chi connectivity index (χ4v) is 2.66. The molecular formula is C17H27N3O2S. The van der Waals surface area contributed by atoms with Crippen LogP contribution in [0.4, 0.5) is 5.69 Å². The summed E-state index contributed by atoms with van der Waals surface area (Å²) in [5.41, 5.74) is 0.967. The van der Waals surface area contributed by atoms with E-state index >= 15 is 0 Å². The zero-order chi connectivity index (χ0) is 16.9. The zero-order valence-corrected chi connectivity index (χ0v) is 15.1. The number of guanidine groups is 1. The molecule has 1 N–H and O–H groups in total. The third-order valence-corrected chi connectivity index (χ3v) is 6.44. The van der Waals surface area contributed by atoms with Gasteiger partial charge in [0.05, 0.1) is 11.3 Å². The molecule has 6 heteroatoms. The van der Waals surface area contributed by atoms with E-state index in [1.807, 2.05) is 30.3 Å². The third-order valence-electron chi connectivity index (χ3n) is 4.30. The normalized spacial score (nSPS) is 17.2. The third kappa shape index (κ3) is 4.96. The van der Waals surface area contributed by atoms with Crippen LogP contribution in [-0.2, 0) is 9.84 Å². The smallest absolute Gasteiger partial charge is 0.198 e. The summed E-state index contributed by atoms with van der Waals surface area (Å²) in [5.74, 6) is 0.771. The van der Waals surface area contributed by atoms with E-state index in [9.17, 15) is 8.42 Å². The van der Waals surface area contributed by atoms with Crippen molar-refractivity contribution in [1.82, 2.24) is 4.90 Å². The van der Waals surface area contributed by atoms with Crippen molar-refractivity contribution in [3.05, 3.63) is 30.3 Å². The highest BCUT2D eigenvalue weighted by molar-refractivity contribution is 7.92. The molecule has 0 aliphatic carbocycles. The predicted octanol–water partition coefficient (Wildman–Crippen LogP) is 2.76. The number of likely N-dealkylation sites (tertiary alicyclic amines) is 1. The molecule has 0 unspecified atom stereocenters. The second kappa shape index (κ2) is 7.34. The SMILES string of the molecule is CC(C)(CN=C(Nc1ccccc1)N1CCCCC1)S(C)(=O)=O. The molecule has 1 aromatic carbocycles. The number of sulfone groups is 1. The molecule has 5 nitrogen and oxygen atoms in total. The quantitative estimate of drug-likeness (QED) is 0.678. The molecular weight excluding hydrogens is 310 g/mol. The number of nitrogens with zero attached hydrogens (tertiary/aromatic N) is 2. The molecule has 1 fully saturated rings. The van der Waals surface area contributed by atoms with Gasteiger partial charge in [0, 0.05) is 25.0 Å². The Kier molecular flexibility index (Phi) is 5.68. The summed E-state index contributed by atoms with van der Waals surface area (Å²) in [5, 5.41) is 3.35. The van der Waals surface area contributed by atoms with Gasteiger partial charge in [-0.15, -0.1) is 0 Å². The summed E-state index contributed by atoms with van der Waals surface area (Å²) in [6.07, 6.45) is 4.80. The maximum atomic E-state index is 11.9. The summed E-state index contributed by atoms with van der Waals surface area (Å²) < 4.78 is 22.9. The Labute approximate surface area is 139 Å². The number of rotatable bonds is 4. The molecule has 0 aromatic heterocycles. The van der Waals surface area contributed by atoms with Crippen molar-refractivity contribution in [3.63, 3.8) is 0 Å². The van der Waals surface area contributed by atoms with Crippen LogP contribution in [0.5, 0.6) is 0 Å². The highest BCUT2D eigenvalue weighted by Crippen LogP contribution is 2.17. The summed E-state index contributed by atoms with van der Waals surface area (Å²) in [7, 11) is -3.15. The van der Waals surface area contributed by atoms with Crippen molar-refractivity contribution in [1.29, 1.82) is 0 Å². The molecule has 1 aliphatic heterocycles. The average molecular weight is 337 g/mol. The first-order valence-electron chi connectivity index (χ1n) is 8.11. The molecule has 0 spiro atoms. The molecule has 1 aromatic rings. The Morgan fingerprint density at radius 3 is 2.35 bits per heavy atom. The number of hydrogen-bond donors (Lipinski definition) is 1. The van der Waals surface area contributed by atoms with Crippen molar-refractivity contribution in [2.24, 2.45) is 4.99 Å². The number of piperidine rings is 1. The van der Waals surface area contributed by atoms with Gasteiger partial charge in [-0.2, -0.15) is 0 Å². The van der Waals surface area contributed by atoms with Crippen molar-refractivity contribution in [2.45, 2.75) is 37.9 Å². The number of hydrogen-bond acceptors (Lipinski definition) is 3. The molecule has 23 heavy (non-hydrogen) atoms. The number of anilines is 1. The van der Waals surface area contributed by atoms with Gasteiger partial charge in [0.25, 0.3) is 0 Å². The van der Waals surface area contributed by atoms with E-state index in [1.165, 1.54) is 12.7 Å². The second-order valence-electron chi connectivity index (χ2n) is 6.71. The summed E-state index contributed by atoms with van der Waals surface area (Å²) in [6, 6.07) is 9.88. The van der Waals surface area contributed by atoms with Crippen LogP contribution in [-0.4, -0.2) is 49.9 Å². The molecule has 1 saturated heterocycles. The number of para-hydroxylation sites is 1. The largest absolute Gasteiger partial charge is 0.343 e. The van der Waals surface area contributed by atoms with Crippen LogP contribution in [0.15, 0.2) is 35.3 Å². The lowest BCUT2D eigenvalue weighted by molar-refractivity contribution is 0.340. The summed E-state index contributed by atoms with van der Waals surface area (Å²) in [4.78, 5) is 6.85. The van der Waals surface area contributed by atoms with Gasteiger partial charge in [0.15, 0.2) is 15.8 Å². The number of aliphatic imine (C=N–C) groups is 1. The van der Waals surface area contributed by atoms with E-state index in [1.54, 1.807) is 13.8 Å². The van der Waals surface area contributed by atoms with E-state index in [0.29, 0.717) is 0 Å². The van der Waals surface area contributed by atoms with E-state index < -0.39 is 14.6 Å². The molecule has 0 atom stereocenters. The fraction of sp³-hybridized carbons (Fsp3) is 0.588. The molecule has 0 amide bonds. The van der Waals surface area contributed by atoms with Gasteiger partial charge in [-0.3, -0.25) is 4.99 Å². The van der Waals surface area contributed by atoms with Gasteiger partial charge in [-0.1, -0.05) is 18.2 Å². The van der Waals surface area contributed by atoms with Crippen LogP contribution < -0.4 is 5.32 Å². The first-order valence-corrected chi connectivity index (χ1v) is 10.00. The van der Waals surface area contributed by atoms with E-state index in [4.69, 9.17) is 0 Å². The average Bonchev–Trinajstić information content (AvgIpc) is 2.52. The molecule has 1 heterocycles. The van der Waals surface area contributed by atoms with Crippen LogP contribution in [0, 0.1) is 0 Å².